The zero-order valence-corrected chi connectivity index (χ0v) is 21.2. The summed E-state index contributed by atoms with van der Waals surface area (Å²) in [7, 11) is 3.85. The first-order valence-electron chi connectivity index (χ1n) is 12.5. The SMILES string of the molecule is CN(C)CC#Cc1cc(N2C3CCC2CC3)ccc1NC(=O)c1c[nH]c2cccc(C(C)(F)F)c2c1=O. The number of aromatic nitrogens is 1. The number of nitrogens with one attached hydrogen (secondary N) is 2. The van der Waals surface area contributed by atoms with Gasteiger partial charge >= 0.3 is 0 Å². The quantitative estimate of drug-likeness (QED) is 0.483. The minimum Gasteiger partial charge on any atom is -0.366 e. The van der Waals surface area contributed by atoms with Crippen molar-refractivity contribution in [3.8, 4) is 11.8 Å². The monoisotopic (exact) mass is 504 g/mol. The number of benzene rings is 2. The number of hydrogen-bond acceptors (Lipinski definition) is 4. The van der Waals surface area contributed by atoms with Crippen molar-refractivity contribution in [3.05, 3.63) is 69.5 Å². The highest BCUT2D eigenvalue weighted by Gasteiger charge is 2.39. The summed E-state index contributed by atoms with van der Waals surface area (Å²) in [6.07, 6.45) is 6.02. The number of halogens is 2. The lowest BCUT2D eigenvalue weighted by molar-refractivity contribution is 0.0190. The second-order valence-electron chi connectivity index (χ2n) is 10.2. The van der Waals surface area contributed by atoms with Crippen LogP contribution in [-0.2, 0) is 5.92 Å². The fourth-order valence-electron chi connectivity index (χ4n) is 5.52. The minimum atomic E-state index is -3.23. The Labute approximate surface area is 214 Å². The molecule has 6 nitrogen and oxygen atoms in total. The number of pyridine rings is 1. The summed E-state index contributed by atoms with van der Waals surface area (Å²) in [4.78, 5) is 33.7. The standard InChI is InChI=1S/C29H30F2N4O2/c1-29(30,31)23-7-4-8-25-26(23)27(36)22(17-32-25)28(37)33-24-14-13-21(16-18(24)6-5-15-34(2)3)35-19-9-10-20(35)12-11-19/h4,7-8,13-14,16-17,19-20H,9-12,15H2,1-3H3,(H,32,36)(H,33,37). The van der Waals surface area contributed by atoms with E-state index in [9.17, 15) is 18.4 Å². The van der Waals surface area contributed by atoms with Gasteiger partial charge in [0.25, 0.3) is 11.8 Å². The maximum Gasteiger partial charge on any atom is 0.271 e. The molecule has 2 aliphatic rings. The summed E-state index contributed by atoms with van der Waals surface area (Å²) >= 11 is 0. The van der Waals surface area contributed by atoms with Gasteiger partial charge in [-0.1, -0.05) is 24.0 Å². The lowest BCUT2D eigenvalue weighted by atomic mass is 10.0. The van der Waals surface area contributed by atoms with Crippen LogP contribution in [0.15, 0.2) is 47.4 Å². The molecule has 0 spiro atoms. The minimum absolute atomic E-state index is 0.187. The van der Waals surface area contributed by atoms with Crippen LogP contribution in [-0.4, -0.2) is 48.5 Å². The molecule has 2 N–H and O–H groups in total. The summed E-state index contributed by atoms with van der Waals surface area (Å²) in [6, 6.07) is 11.1. The molecule has 1 amide bonds. The summed E-state index contributed by atoms with van der Waals surface area (Å²) < 4.78 is 28.4. The zero-order chi connectivity index (χ0) is 26.3. The van der Waals surface area contributed by atoms with Crippen LogP contribution in [0.4, 0.5) is 20.2 Å². The van der Waals surface area contributed by atoms with Crippen LogP contribution in [0.5, 0.6) is 0 Å². The highest BCUT2D eigenvalue weighted by molar-refractivity contribution is 6.06. The average Bonchev–Trinajstić information content (AvgIpc) is 3.45. The topological polar surface area (TPSA) is 68.4 Å². The molecule has 2 fully saturated rings. The van der Waals surface area contributed by atoms with E-state index < -0.39 is 22.8 Å². The zero-order valence-electron chi connectivity index (χ0n) is 21.2. The summed E-state index contributed by atoms with van der Waals surface area (Å²) in [5, 5.41) is 2.62. The molecule has 0 aliphatic carbocycles. The van der Waals surface area contributed by atoms with Gasteiger partial charge in [0.15, 0.2) is 0 Å². The molecule has 0 unspecified atom stereocenters. The number of carbonyl (C=O) groups is 1. The predicted octanol–water partition coefficient (Wildman–Crippen LogP) is 4.94. The molecule has 0 saturated carbocycles. The van der Waals surface area contributed by atoms with Gasteiger partial charge in [0.05, 0.1) is 23.2 Å². The second-order valence-corrected chi connectivity index (χ2v) is 10.2. The Morgan fingerprint density at radius 3 is 2.51 bits per heavy atom. The maximum atomic E-state index is 14.2. The molecule has 2 bridgehead atoms. The van der Waals surface area contributed by atoms with Crippen molar-refractivity contribution in [2.75, 3.05) is 30.9 Å². The molecule has 8 heteroatoms. The van der Waals surface area contributed by atoms with Gasteiger partial charge in [-0.15, -0.1) is 0 Å². The van der Waals surface area contributed by atoms with Crippen molar-refractivity contribution in [3.63, 3.8) is 0 Å². The van der Waals surface area contributed by atoms with E-state index in [2.05, 4.69) is 27.0 Å². The number of aromatic amines is 1. The maximum absolute atomic E-state index is 14.2. The van der Waals surface area contributed by atoms with Gasteiger partial charge in [-0.2, -0.15) is 0 Å². The molecular weight excluding hydrogens is 474 g/mol. The van der Waals surface area contributed by atoms with E-state index in [0.29, 0.717) is 29.9 Å². The summed E-state index contributed by atoms with van der Waals surface area (Å²) in [6.45, 7) is 1.28. The van der Waals surface area contributed by atoms with Crippen molar-refractivity contribution in [2.45, 2.75) is 50.6 Å². The van der Waals surface area contributed by atoms with Crippen LogP contribution >= 0.6 is 0 Å². The van der Waals surface area contributed by atoms with Crippen molar-refractivity contribution in [1.82, 2.24) is 9.88 Å². The van der Waals surface area contributed by atoms with Crippen molar-refractivity contribution < 1.29 is 13.6 Å². The van der Waals surface area contributed by atoms with Gasteiger partial charge in [-0.25, -0.2) is 8.78 Å². The third-order valence-electron chi connectivity index (χ3n) is 7.25. The van der Waals surface area contributed by atoms with E-state index in [0.717, 1.165) is 12.6 Å². The van der Waals surface area contributed by atoms with Crippen molar-refractivity contribution in [1.29, 1.82) is 0 Å². The van der Waals surface area contributed by atoms with Gasteiger partial charge < -0.3 is 15.2 Å². The smallest absolute Gasteiger partial charge is 0.271 e. The lowest BCUT2D eigenvalue weighted by Gasteiger charge is -2.25. The van der Waals surface area contributed by atoms with Crippen LogP contribution < -0.4 is 15.6 Å². The Hall–Kier alpha value is -3.70. The number of rotatable bonds is 5. The fourth-order valence-corrected chi connectivity index (χ4v) is 5.52. The number of alkyl halides is 2. The number of amides is 1. The second kappa shape index (κ2) is 9.64. The van der Waals surface area contributed by atoms with E-state index >= 15 is 0 Å². The molecular formula is C29H30F2N4O2. The summed E-state index contributed by atoms with van der Waals surface area (Å²) in [5.74, 6) is 2.38. The number of fused-ring (bicyclic) bond motifs is 3. The first-order chi connectivity index (χ1) is 17.6. The molecule has 192 valence electrons. The molecule has 0 radical (unpaired) electrons. The summed E-state index contributed by atoms with van der Waals surface area (Å²) in [5.41, 5.74) is 1.06. The Balaban J connectivity index is 1.51. The van der Waals surface area contributed by atoms with Gasteiger partial charge in [-0.05, 0) is 64.0 Å². The van der Waals surface area contributed by atoms with Crippen LogP contribution in [0.25, 0.3) is 10.9 Å². The number of nitrogens with zero attached hydrogens (tertiary/aromatic N) is 2. The van der Waals surface area contributed by atoms with E-state index in [1.807, 2.05) is 37.2 Å². The van der Waals surface area contributed by atoms with Crippen molar-refractivity contribution >= 4 is 28.2 Å². The van der Waals surface area contributed by atoms with Gasteiger partial charge in [0.1, 0.15) is 5.56 Å². The van der Waals surface area contributed by atoms with Gasteiger partial charge in [-0.3, -0.25) is 14.5 Å². The van der Waals surface area contributed by atoms with Crippen LogP contribution in [0.3, 0.4) is 0 Å². The van der Waals surface area contributed by atoms with Crippen molar-refractivity contribution in [2.24, 2.45) is 0 Å². The van der Waals surface area contributed by atoms with Crippen LogP contribution in [0.2, 0.25) is 0 Å². The Bertz CT molecular complexity index is 1460. The fraction of sp³-hybridized carbons (Fsp3) is 0.379. The first-order valence-corrected chi connectivity index (χ1v) is 12.5. The molecule has 37 heavy (non-hydrogen) atoms. The number of H-pyrrole nitrogens is 1. The Morgan fingerprint density at radius 1 is 1.16 bits per heavy atom. The number of hydrogen-bond donors (Lipinski definition) is 2. The molecule has 1 aromatic heterocycles. The van der Waals surface area contributed by atoms with E-state index in [-0.39, 0.29) is 16.5 Å². The number of anilines is 2. The van der Waals surface area contributed by atoms with E-state index in [4.69, 9.17) is 0 Å². The van der Waals surface area contributed by atoms with Gasteiger partial charge in [0, 0.05) is 42.0 Å². The van der Waals surface area contributed by atoms with Gasteiger partial charge in [0.2, 0.25) is 5.43 Å². The van der Waals surface area contributed by atoms with E-state index in [1.54, 1.807) is 0 Å². The molecule has 0 atom stereocenters. The van der Waals surface area contributed by atoms with Crippen LogP contribution in [0, 0.1) is 11.8 Å². The lowest BCUT2D eigenvalue weighted by Crippen LogP contribution is -2.28. The Kier molecular flexibility index (Phi) is 6.50. The number of carbonyl (C=O) groups excluding carboxylic acids is 1. The highest BCUT2D eigenvalue weighted by Crippen LogP contribution is 2.41. The molecule has 3 heterocycles. The molecule has 5 rings (SSSR count). The molecule has 2 saturated heterocycles. The third-order valence-corrected chi connectivity index (χ3v) is 7.25. The predicted molar refractivity (Wildman–Crippen MR) is 142 cm³/mol. The largest absolute Gasteiger partial charge is 0.366 e. The normalized spacial score (nSPS) is 18.8. The van der Waals surface area contributed by atoms with Crippen LogP contribution in [0.1, 0.15) is 54.1 Å². The third kappa shape index (κ3) is 4.84. The molecule has 3 aromatic rings. The highest BCUT2D eigenvalue weighted by atomic mass is 19.3. The molecule has 2 aromatic carbocycles. The average molecular weight is 505 g/mol. The molecule has 2 aliphatic heterocycles. The first kappa shape index (κ1) is 25.0. The Morgan fingerprint density at radius 2 is 1.86 bits per heavy atom. The van der Waals surface area contributed by atoms with E-state index in [1.165, 1.54) is 50.1 Å².